The molecular weight excluding hydrogens is 340 g/mol. The number of nitrogens with one attached hydrogen (secondary N) is 1. The lowest BCUT2D eigenvalue weighted by molar-refractivity contribution is -0.141. The number of anilines is 1. The lowest BCUT2D eigenvalue weighted by atomic mass is 10.1. The van der Waals surface area contributed by atoms with E-state index in [1.54, 1.807) is 36.4 Å². The lowest BCUT2D eigenvalue weighted by Gasteiger charge is -2.26. The minimum absolute atomic E-state index is 0.127. The second-order valence-electron chi connectivity index (χ2n) is 6.01. The fourth-order valence-corrected chi connectivity index (χ4v) is 3.67. The second kappa shape index (κ2) is 7.06. The van der Waals surface area contributed by atoms with E-state index in [9.17, 15) is 19.5 Å². The number of aliphatic carboxylic acids is 1. The summed E-state index contributed by atoms with van der Waals surface area (Å²) >= 11 is 1.33. The summed E-state index contributed by atoms with van der Waals surface area (Å²) < 4.78 is 0. The molecule has 25 heavy (non-hydrogen) atoms. The van der Waals surface area contributed by atoms with Gasteiger partial charge in [-0.15, -0.1) is 11.3 Å². The molecule has 0 aliphatic carbocycles. The molecule has 0 radical (unpaired) electrons. The Morgan fingerprint density at radius 2 is 2.00 bits per heavy atom. The van der Waals surface area contributed by atoms with Crippen molar-refractivity contribution in [2.75, 3.05) is 5.32 Å². The summed E-state index contributed by atoms with van der Waals surface area (Å²) in [4.78, 5) is 38.3. The lowest BCUT2D eigenvalue weighted by Crippen LogP contribution is -2.43. The van der Waals surface area contributed by atoms with Crippen LogP contribution in [-0.2, 0) is 4.79 Å². The van der Waals surface area contributed by atoms with Crippen LogP contribution in [-0.4, -0.2) is 39.9 Å². The standard InChI is InChI=1S/C18H18N2O4S/c1-11-7-8-14(18(23)24)20(11)17(22)12-4-2-5-13(10-12)19-16(21)15-6-3-9-25-15/h2-6,9-11,14H,7-8H2,1H3,(H,19,21)(H,23,24)/t11-,14-/m1/s1. The predicted molar refractivity (Wildman–Crippen MR) is 95.0 cm³/mol. The van der Waals surface area contributed by atoms with Gasteiger partial charge in [0.05, 0.1) is 4.88 Å². The molecule has 2 N–H and O–H groups in total. The first kappa shape index (κ1) is 17.2. The number of nitrogens with zero attached hydrogens (tertiary/aromatic N) is 1. The van der Waals surface area contributed by atoms with Gasteiger partial charge >= 0.3 is 5.97 Å². The molecule has 2 atom stereocenters. The molecular formula is C18H18N2O4S. The molecule has 3 rings (SSSR count). The number of amides is 2. The van der Waals surface area contributed by atoms with E-state index in [-0.39, 0.29) is 17.9 Å². The average molecular weight is 358 g/mol. The van der Waals surface area contributed by atoms with Gasteiger partial charge in [0.15, 0.2) is 0 Å². The van der Waals surface area contributed by atoms with Crippen LogP contribution in [0, 0.1) is 0 Å². The Balaban J connectivity index is 1.80. The van der Waals surface area contributed by atoms with E-state index < -0.39 is 12.0 Å². The first-order chi connectivity index (χ1) is 12.0. The molecule has 130 valence electrons. The maximum atomic E-state index is 12.8. The van der Waals surface area contributed by atoms with Crippen LogP contribution in [0.3, 0.4) is 0 Å². The molecule has 0 bridgehead atoms. The van der Waals surface area contributed by atoms with Crippen molar-refractivity contribution in [3.63, 3.8) is 0 Å². The second-order valence-corrected chi connectivity index (χ2v) is 6.95. The van der Waals surface area contributed by atoms with Crippen molar-refractivity contribution in [3.8, 4) is 0 Å². The largest absolute Gasteiger partial charge is 0.480 e. The van der Waals surface area contributed by atoms with Crippen LogP contribution >= 0.6 is 11.3 Å². The Bertz CT molecular complexity index is 803. The number of thiophene rings is 1. The highest BCUT2D eigenvalue weighted by molar-refractivity contribution is 7.12. The highest BCUT2D eigenvalue weighted by Gasteiger charge is 2.39. The minimum Gasteiger partial charge on any atom is -0.480 e. The van der Waals surface area contributed by atoms with Crippen LogP contribution in [0.1, 0.15) is 39.8 Å². The number of hydrogen-bond donors (Lipinski definition) is 2. The van der Waals surface area contributed by atoms with Crippen molar-refractivity contribution < 1.29 is 19.5 Å². The number of rotatable bonds is 4. The van der Waals surface area contributed by atoms with E-state index >= 15 is 0 Å². The number of benzene rings is 1. The highest BCUT2D eigenvalue weighted by atomic mass is 32.1. The number of carbonyl (C=O) groups excluding carboxylic acids is 2. The van der Waals surface area contributed by atoms with Gasteiger partial charge in [-0.05, 0) is 49.4 Å². The van der Waals surface area contributed by atoms with Crippen LogP contribution in [0.5, 0.6) is 0 Å². The Morgan fingerprint density at radius 3 is 2.68 bits per heavy atom. The van der Waals surface area contributed by atoms with Crippen molar-refractivity contribution in [3.05, 3.63) is 52.2 Å². The van der Waals surface area contributed by atoms with Crippen molar-refractivity contribution >= 4 is 34.8 Å². The monoisotopic (exact) mass is 358 g/mol. The molecule has 2 heterocycles. The zero-order valence-corrected chi connectivity index (χ0v) is 14.5. The van der Waals surface area contributed by atoms with E-state index in [0.29, 0.717) is 29.0 Å². The van der Waals surface area contributed by atoms with Gasteiger partial charge < -0.3 is 15.3 Å². The van der Waals surface area contributed by atoms with E-state index in [1.807, 2.05) is 12.3 Å². The summed E-state index contributed by atoms with van der Waals surface area (Å²) in [6.45, 7) is 1.85. The quantitative estimate of drug-likeness (QED) is 0.879. The number of carbonyl (C=O) groups is 3. The van der Waals surface area contributed by atoms with E-state index in [4.69, 9.17) is 0 Å². The Kier molecular flexibility index (Phi) is 4.85. The van der Waals surface area contributed by atoms with E-state index in [1.165, 1.54) is 16.2 Å². The summed E-state index contributed by atoms with van der Waals surface area (Å²) in [6.07, 6.45) is 1.12. The summed E-state index contributed by atoms with van der Waals surface area (Å²) in [5.41, 5.74) is 0.868. The van der Waals surface area contributed by atoms with Gasteiger partial charge in [-0.25, -0.2) is 4.79 Å². The van der Waals surface area contributed by atoms with Gasteiger partial charge in [0.25, 0.3) is 11.8 Å². The molecule has 2 amide bonds. The fourth-order valence-electron chi connectivity index (χ4n) is 3.05. The van der Waals surface area contributed by atoms with Crippen molar-refractivity contribution in [2.24, 2.45) is 0 Å². The van der Waals surface area contributed by atoms with Gasteiger partial charge in [-0.3, -0.25) is 9.59 Å². The summed E-state index contributed by atoms with van der Waals surface area (Å²) in [7, 11) is 0. The van der Waals surface area contributed by atoms with Crippen molar-refractivity contribution in [2.45, 2.75) is 31.8 Å². The number of likely N-dealkylation sites (tertiary alicyclic amines) is 1. The van der Waals surface area contributed by atoms with Crippen LogP contribution in [0.25, 0.3) is 0 Å². The molecule has 1 aromatic carbocycles. The first-order valence-electron chi connectivity index (χ1n) is 7.98. The number of hydrogen-bond acceptors (Lipinski definition) is 4. The van der Waals surface area contributed by atoms with Gasteiger partial charge in [-0.1, -0.05) is 12.1 Å². The van der Waals surface area contributed by atoms with Crippen molar-refractivity contribution in [1.29, 1.82) is 0 Å². The van der Waals surface area contributed by atoms with Gasteiger partial charge in [-0.2, -0.15) is 0 Å². The van der Waals surface area contributed by atoms with Gasteiger partial charge in [0, 0.05) is 17.3 Å². The topological polar surface area (TPSA) is 86.7 Å². The van der Waals surface area contributed by atoms with Crippen LogP contribution in [0.15, 0.2) is 41.8 Å². The Hall–Kier alpha value is -2.67. The fraction of sp³-hybridized carbons (Fsp3) is 0.278. The highest BCUT2D eigenvalue weighted by Crippen LogP contribution is 2.27. The summed E-state index contributed by atoms with van der Waals surface area (Å²) in [5, 5.41) is 13.9. The maximum Gasteiger partial charge on any atom is 0.326 e. The molecule has 0 saturated carbocycles. The SMILES string of the molecule is C[C@@H]1CC[C@H](C(=O)O)N1C(=O)c1cccc(NC(=O)c2cccs2)c1. The summed E-state index contributed by atoms with van der Waals surface area (Å²) in [5.74, 6) is -1.55. The number of carboxylic acids is 1. The first-order valence-corrected chi connectivity index (χ1v) is 8.85. The third-order valence-electron chi connectivity index (χ3n) is 4.30. The normalized spacial score (nSPS) is 19.6. The van der Waals surface area contributed by atoms with Crippen LogP contribution in [0.4, 0.5) is 5.69 Å². The zero-order chi connectivity index (χ0) is 18.0. The molecule has 6 nitrogen and oxygen atoms in total. The Labute approximate surface area is 149 Å². The number of carboxylic acid groups (broad SMARTS) is 1. The molecule has 0 unspecified atom stereocenters. The third kappa shape index (κ3) is 3.56. The molecule has 1 fully saturated rings. The molecule has 7 heteroatoms. The average Bonchev–Trinajstić information content (AvgIpc) is 3.24. The van der Waals surface area contributed by atoms with E-state index in [2.05, 4.69) is 5.32 Å². The molecule has 1 aliphatic heterocycles. The molecule has 1 saturated heterocycles. The summed E-state index contributed by atoms with van der Waals surface area (Å²) in [6, 6.07) is 9.17. The smallest absolute Gasteiger partial charge is 0.326 e. The van der Waals surface area contributed by atoms with Crippen molar-refractivity contribution in [1.82, 2.24) is 4.90 Å². The molecule has 0 spiro atoms. The Morgan fingerprint density at radius 1 is 1.20 bits per heavy atom. The van der Waals surface area contributed by atoms with Crippen LogP contribution < -0.4 is 5.32 Å². The third-order valence-corrected chi connectivity index (χ3v) is 5.17. The predicted octanol–water partition coefficient (Wildman–Crippen LogP) is 3.08. The maximum absolute atomic E-state index is 12.8. The minimum atomic E-state index is -0.986. The van der Waals surface area contributed by atoms with Gasteiger partial charge in [0.2, 0.25) is 0 Å². The molecule has 1 aliphatic rings. The molecule has 2 aromatic rings. The zero-order valence-electron chi connectivity index (χ0n) is 13.6. The van der Waals surface area contributed by atoms with Gasteiger partial charge in [0.1, 0.15) is 6.04 Å². The van der Waals surface area contributed by atoms with E-state index in [0.717, 1.165) is 0 Å². The van der Waals surface area contributed by atoms with Crippen LogP contribution in [0.2, 0.25) is 0 Å². The molecule has 1 aromatic heterocycles.